The number of fused-ring (bicyclic) bond motifs is 5. The van der Waals surface area contributed by atoms with Gasteiger partial charge in [-0.1, -0.05) is 31.9 Å². The topological polar surface area (TPSA) is 63.6 Å². The first-order valence-corrected chi connectivity index (χ1v) is 9.40. The zero-order chi connectivity index (χ0) is 19.1. The van der Waals surface area contributed by atoms with Crippen LogP contribution < -0.4 is 0 Å². The van der Waals surface area contributed by atoms with E-state index in [-0.39, 0.29) is 46.8 Å². The molecule has 2 saturated carbocycles. The van der Waals surface area contributed by atoms with Gasteiger partial charge in [0.2, 0.25) is 0 Å². The zero-order valence-electron chi connectivity index (χ0n) is 16.8. The molecule has 3 aliphatic carbocycles. The molecule has 2 fully saturated rings. The SMILES string of the molecule is CC1=C(C)[C@]2(C)[C@H](C)[C@]1(C)[C@@H]1[C@@H](CC(=O)OC(C)(C)C)[C@@H](O)C(=O)[C@@H]12. The molecule has 0 amide bonds. The van der Waals surface area contributed by atoms with Gasteiger partial charge in [0.05, 0.1) is 6.42 Å². The van der Waals surface area contributed by atoms with Gasteiger partial charge in [0.15, 0.2) is 5.78 Å². The van der Waals surface area contributed by atoms with E-state index in [2.05, 4.69) is 34.6 Å². The average molecular weight is 348 g/mol. The fraction of sp³-hybridized carbons (Fsp3) is 0.810. The van der Waals surface area contributed by atoms with E-state index in [0.29, 0.717) is 5.92 Å². The predicted octanol–water partition coefficient (Wildman–Crippen LogP) is 3.52. The second-order valence-electron chi connectivity index (χ2n) is 9.84. The highest BCUT2D eigenvalue weighted by molar-refractivity contribution is 5.92. The number of carbonyl (C=O) groups excluding carboxylic acids is 2. The van der Waals surface area contributed by atoms with E-state index in [1.165, 1.54) is 11.1 Å². The van der Waals surface area contributed by atoms with Crippen molar-refractivity contribution in [1.82, 2.24) is 0 Å². The Morgan fingerprint density at radius 2 is 1.68 bits per heavy atom. The molecule has 3 aliphatic rings. The first-order valence-electron chi connectivity index (χ1n) is 9.40. The molecule has 1 N–H and O–H groups in total. The number of hydrogen-bond acceptors (Lipinski definition) is 4. The van der Waals surface area contributed by atoms with Crippen LogP contribution in [0.25, 0.3) is 0 Å². The van der Waals surface area contributed by atoms with Crippen LogP contribution in [0.2, 0.25) is 0 Å². The molecule has 0 aromatic carbocycles. The molecule has 0 aromatic heterocycles. The van der Waals surface area contributed by atoms with Gasteiger partial charge >= 0.3 is 5.97 Å². The number of aliphatic hydroxyl groups excluding tert-OH is 1. The third-order valence-corrected chi connectivity index (χ3v) is 7.96. The number of esters is 1. The van der Waals surface area contributed by atoms with E-state index in [9.17, 15) is 14.7 Å². The average Bonchev–Trinajstić information content (AvgIpc) is 2.88. The number of allylic oxidation sites excluding steroid dienone is 2. The first kappa shape index (κ1) is 18.6. The number of rotatable bonds is 2. The number of ether oxygens (including phenoxy) is 1. The maximum absolute atomic E-state index is 13.0. The lowest BCUT2D eigenvalue weighted by Crippen LogP contribution is -2.37. The maximum Gasteiger partial charge on any atom is 0.306 e. The van der Waals surface area contributed by atoms with Gasteiger partial charge in [-0.15, -0.1) is 0 Å². The Hall–Kier alpha value is -1.16. The lowest BCUT2D eigenvalue weighted by atomic mass is 9.64. The van der Waals surface area contributed by atoms with E-state index in [1.54, 1.807) is 0 Å². The monoisotopic (exact) mass is 348 g/mol. The molecule has 4 nitrogen and oxygen atoms in total. The largest absolute Gasteiger partial charge is 0.460 e. The van der Waals surface area contributed by atoms with Crippen molar-refractivity contribution < 1.29 is 19.4 Å². The van der Waals surface area contributed by atoms with E-state index < -0.39 is 11.7 Å². The van der Waals surface area contributed by atoms with Crippen LogP contribution >= 0.6 is 0 Å². The van der Waals surface area contributed by atoms with Crippen LogP contribution in [-0.2, 0) is 14.3 Å². The van der Waals surface area contributed by atoms with Gasteiger partial charge in [-0.25, -0.2) is 0 Å². The van der Waals surface area contributed by atoms with Crippen LogP contribution in [0, 0.1) is 34.5 Å². The Labute approximate surface area is 151 Å². The van der Waals surface area contributed by atoms with Gasteiger partial charge in [0.1, 0.15) is 11.7 Å². The lowest BCUT2D eigenvalue weighted by Gasteiger charge is -2.39. The van der Waals surface area contributed by atoms with Crippen molar-refractivity contribution >= 4 is 11.8 Å². The number of aliphatic hydroxyl groups is 1. The van der Waals surface area contributed by atoms with Crippen molar-refractivity contribution in [1.29, 1.82) is 0 Å². The molecule has 2 bridgehead atoms. The molecule has 0 spiro atoms. The van der Waals surface area contributed by atoms with E-state index in [0.717, 1.165) is 0 Å². The minimum atomic E-state index is -1.06. The van der Waals surface area contributed by atoms with Gasteiger partial charge in [-0.2, -0.15) is 0 Å². The number of carbonyl (C=O) groups is 2. The number of Topliss-reactive ketones (excluding diaryl/α,β-unsaturated/α-hetero) is 1. The number of ketones is 1. The van der Waals surface area contributed by atoms with Crippen LogP contribution in [0.4, 0.5) is 0 Å². The number of hydrogen-bond donors (Lipinski definition) is 1. The maximum atomic E-state index is 13.0. The van der Waals surface area contributed by atoms with Gasteiger partial charge in [-0.05, 0) is 51.9 Å². The lowest BCUT2D eigenvalue weighted by molar-refractivity contribution is -0.157. The predicted molar refractivity (Wildman–Crippen MR) is 95.7 cm³/mol. The Morgan fingerprint density at radius 3 is 2.20 bits per heavy atom. The smallest absolute Gasteiger partial charge is 0.306 e. The van der Waals surface area contributed by atoms with Crippen molar-refractivity contribution in [2.45, 2.75) is 73.5 Å². The molecule has 0 radical (unpaired) electrons. The Balaban J connectivity index is 1.99. The normalized spacial score (nSPS) is 46.0. The molecule has 140 valence electrons. The summed E-state index contributed by atoms with van der Waals surface area (Å²) < 4.78 is 5.47. The molecular weight excluding hydrogens is 316 g/mol. The van der Waals surface area contributed by atoms with Crippen molar-refractivity contribution in [3.63, 3.8) is 0 Å². The second-order valence-corrected chi connectivity index (χ2v) is 9.84. The third kappa shape index (κ3) is 2.16. The summed E-state index contributed by atoms with van der Waals surface area (Å²) in [6, 6.07) is 0. The summed E-state index contributed by atoms with van der Waals surface area (Å²) in [7, 11) is 0. The molecule has 0 saturated heterocycles. The van der Waals surface area contributed by atoms with Crippen LogP contribution in [0.15, 0.2) is 11.1 Å². The molecule has 4 heteroatoms. The molecule has 25 heavy (non-hydrogen) atoms. The minimum Gasteiger partial charge on any atom is -0.460 e. The molecule has 0 unspecified atom stereocenters. The molecule has 3 rings (SSSR count). The van der Waals surface area contributed by atoms with Crippen LogP contribution in [0.3, 0.4) is 0 Å². The first-order chi connectivity index (χ1) is 11.3. The van der Waals surface area contributed by atoms with E-state index in [1.807, 2.05) is 20.8 Å². The van der Waals surface area contributed by atoms with Crippen LogP contribution in [-0.4, -0.2) is 28.6 Å². The Kier molecular flexibility index (Phi) is 3.86. The van der Waals surface area contributed by atoms with Crippen molar-refractivity contribution in [3.8, 4) is 0 Å². The summed E-state index contributed by atoms with van der Waals surface area (Å²) in [5, 5.41) is 10.7. The Morgan fingerprint density at radius 1 is 1.16 bits per heavy atom. The molecule has 0 aromatic rings. The summed E-state index contributed by atoms with van der Waals surface area (Å²) >= 11 is 0. The highest BCUT2D eigenvalue weighted by Gasteiger charge is 2.74. The fourth-order valence-electron chi connectivity index (χ4n) is 6.41. The third-order valence-electron chi connectivity index (χ3n) is 7.96. The highest BCUT2D eigenvalue weighted by atomic mass is 16.6. The molecule has 0 aliphatic heterocycles. The van der Waals surface area contributed by atoms with Gasteiger partial charge in [-0.3, -0.25) is 9.59 Å². The molecule has 7 atom stereocenters. The van der Waals surface area contributed by atoms with Gasteiger partial charge < -0.3 is 9.84 Å². The second kappa shape index (κ2) is 5.18. The summed E-state index contributed by atoms with van der Waals surface area (Å²) in [6.07, 6.45) is -0.955. The summed E-state index contributed by atoms with van der Waals surface area (Å²) in [5.41, 5.74) is 1.70. The zero-order valence-corrected chi connectivity index (χ0v) is 16.8. The highest BCUT2D eigenvalue weighted by Crippen LogP contribution is 2.76. The minimum absolute atomic E-state index is 0.00576. The molecule has 0 heterocycles. The van der Waals surface area contributed by atoms with Gasteiger partial charge in [0, 0.05) is 17.3 Å². The van der Waals surface area contributed by atoms with Crippen molar-refractivity contribution in [2.75, 3.05) is 0 Å². The van der Waals surface area contributed by atoms with Crippen molar-refractivity contribution in [2.24, 2.45) is 34.5 Å². The standard InChI is InChI=1S/C21H32O4/c1-10-11(2)21(8)12(3)20(10,7)15-13(17(23)18(24)16(15)21)9-14(22)25-19(4,5)6/h12-13,15-17,23H,9H2,1-8H3/t12-,13-,15-,16-,17-,20-,21-/m1/s1. The van der Waals surface area contributed by atoms with E-state index >= 15 is 0 Å². The fourth-order valence-corrected chi connectivity index (χ4v) is 6.41. The quantitative estimate of drug-likeness (QED) is 0.612. The van der Waals surface area contributed by atoms with Crippen LogP contribution in [0.5, 0.6) is 0 Å². The summed E-state index contributed by atoms with van der Waals surface area (Å²) in [6.45, 7) is 16.4. The molecular formula is C21H32O4. The van der Waals surface area contributed by atoms with Crippen molar-refractivity contribution in [3.05, 3.63) is 11.1 Å². The van der Waals surface area contributed by atoms with E-state index in [4.69, 9.17) is 4.74 Å². The summed E-state index contributed by atoms with van der Waals surface area (Å²) in [5.74, 6) is -0.627. The summed E-state index contributed by atoms with van der Waals surface area (Å²) in [4.78, 5) is 25.4. The van der Waals surface area contributed by atoms with Crippen LogP contribution in [0.1, 0.15) is 61.8 Å². The van der Waals surface area contributed by atoms with Gasteiger partial charge in [0.25, 0.3) is 0 Å². The Bertz CT molecular complexity index is 670.